The Kier molecular flexibility index (Phi) is 5.71. The number of hydrogen-bond donors (Lipinski definition) is 3. The van der Waals surface area contributed by atoms with Gasteiger partial charge < -0.3 is 21.1 Å². The van der Waals surface area contributed by atoms with E-state index in [2.05, 4.69) is 5.32 Å². The molecule has 0 aliphatic carbocycles. The van der Waals surface area contributed by atoms with Crippen molar-refractivity contribution < 1.29 is 19.5 Å². The van der Waals surface area contributed by atoms with Crippen LogP contribution in [0.25, 0.3) is 0 Å². The van der Waals surface area contributed by atoms with Crippen LogP contribution in [0.2, 0.25) is 0 Å². The highest BCUT2D eigenvalue weighted by Crippen LogP contribution is 2.12. The van der Waals surface area contributed by atoms with Crippen LogP contribution in [0.4, 0.5) is 5.69 Å². The van der Waals surface area contributed by atoms with Gasteiger partial charge in [-0.2, -0.15) is 0 Å². The van der Waals surface area contributed by atoms with Gasteiger partial charge in [-0.3, -0.25) is 9.59 Å². The van der Waals surface area contributed by atoms with Crippen molar-refractivity contribution in [2.45, 2.75) is 18.9 Å². The zero-order valence-electron chi connectivity index (χ0n) is 12.0. The third-order valence-electron chi connectivity index (χ3n) is 2.93. The second-order valence-corrected chi connectivity index (χ2v) is 4.81. The average molecular weight is 293 g/mol. The largest absolute Gasteiger partial charge is 0.480 e. The molecule has 1 aromatic carbocycles. The molecule has 1 aromatic rings. The number of aliphatic carboxylic acids is 1. The molecular weight excluding hydrogens is 274 g/mol. The molecule has 7 heteroatoms. The van der Waals surface area contributed by atoms with Crippen molar-refractivity contribution in [3.63, 3.8) is 0 Å². The molecule has 0 saturated heterocycles. The van der Waals surface area contributed by atoms with Crippen molar-refractivity contribution in [1.82, 2.24) is 5.32 Å². The number of benzene rings is 1. The van der Waals surface area contributed by atoms with E-state index in [-0.39, 0.29) is 12.8 Å². The normalized spacial score (nSPS) is 11.5. The molecule has 21 heavy (non-hydrogen) atoms. The molecule has 1 atom stereocenters. The first kappa shape index (κ1) is 16.5. The second kappa shape index (κ2) is 7.28. The summed E-state index contributed by atoms with van der Waals surface area (Å²) in [6.07, 6.45) is -0.136. The van der Waals surface area contributed by atoms with Crippen LogP contribution in [0.1, 0.15) is 23.2 Å². The number of carboxylic acids is 1. The van der Waals surface area contributed by atoms with Gasteiger partial charge in [0.05, 0.1) is 0 Å². The first-order valence-corrected chi connectivity index (χ1v) is 6.40. The van der Waals surface area contributed by atoms with E-state index in [1.54, 1.807) is 24.3 Å². The molecule has 0 aliphatic rings. The fraction of sp³-hybridized carbons (Fsp3) is 0.357. The standard InChI is InChI=1S/C14H19N3O4/c1-17(2)10-5-3-9(4-6-10)13(19)16-11(14(20)21)7-8-12(15)18/h3-6,11H,7-8H2,1-2H3,(H2,15,18)(H,16,19)(H,20,21). The highest BCUT2D eigenvalue weighted by molar-refractivity contribution is 5.97. The quantitative estimate of drug-likeness (QED) is 0.664. The Balaban J connectivity index is 2.72. The molecular formula is C14H19N3O4. The Morgan fingerprint density at radius 3 is 2.24 bits per heavy atom. The third kappa shape index (κ3) is 5.13. The summed E-state index contributed by atoms with van der Waals surface area (Å²) in [7, 11) is 3.75. The topological polar surface area (TPSA) is 113 Å². The minimum atomic E-state index is -1.20. The Bertz CT molecular complexity index is 526. The number of nitrogens with zero attached hydrogens (tertiary/aromatic N) is 1. The first-order chi connectivity index (χ1) is 9.81. The fourth-order valence-electron chi connectivity index (χ4n) is 1.70. The van der Waals surface area contributed by atoms with Gasteiger partial charge in [0.1, 0.15) is 6.04 Å². The zero-order chi connectivity index (χ0) is 16.0. The molecule has 2 amide bonds. The van der Waals surface area contributed by atoms with E-state index in [9.17, 15) is 14.4 Å². The Morgan fingerprint density at radius 2 is 1.81 bits per heavy atom. The summed E-state index contributed by atoms with van der Waals surface area (Å²) in [5.74, 6) is -2.31. The molecule has 4 N–H and O–H groups in total. The number of anilines is 1. The summed E-state index contributed by atoms with van der Waals surface area (Å²) in [5, 5.41) is 11.4. The Hall–Kier alpha value is -2.57. The van der Waals surface area contributed by atoms with Crippen molar-refractivity contribution in [3.8, 4) is 0 Å². The molecule has 0 bridgehead atoms. The van der Waals surface area contributed by atoms with Gasteiger partial charge >= 0.3 is 5.97 Å². The van der Waals surface area contributed by atoms with Gasteiger partial charge in [-0.1, -0.05) is 0 Å². The van der Waals surface area contributed by atoms with Gasteiger partial charge in [0.2, 0.25) is 5.91 Å². The number of carbonyl (C=O) groups excluding carboxylic acids is 2. The van der Waals surface area contributed by atoms with E-state index in [1.807, 2.05) is 19.0 Å². The molecule has 1 unspecified atom stereocenters. The first-order valence-electron chi connectivity index (χ1n) is 6.40. The minimum absolute atomic E-state index is 0.0355. The lowest BCUT2D eigenvalue weighted by Crippen LogP contribution is -2.41. The van der Waals surface area contributed by atoms with Crippen LogP contribution < -0.4 is 16.0 Å². The van der Waals surface area contributed by atoms with Crippen molar-refractivity contribution >= 4 is 23.5 Å². The van der Waals surface area contributed by atoms with Crippen molar-refractivity contribution in [2.24, 2.45) is 5.73 Å². The number of carboxylic acid groups (broad SMARTS) is 1. The molecule has 114 valence electrons. The van der Waals surface area contributed by atoms with Gasteiger partial charge in [0, 0.05) is 31.8 Å². The van der Waals surface area contributed by atoms with E-state index < -0.39 is 23.8 Å². The van der Waals surface area contributed by atoms with Crippen molar-refractivity contribution in [3.05, 3.63) is 29.8 Å². The molecule has 7 nitrogen and oxygen atoms in total. The summed E-state index contributed by atoms with van der Waals surface area (Å²) < 4.78 is 0. The molecule has 0 saturated carbocycles. The fourth-order valence-corrected chi connectivity index (χ4v) is 1.70. The lowest BCUT2D eigenvalue weighted by molar-refractivity contribution is -0.139. The lowest BCUT2D eigenvalue weighted by atomic mass is 10.1. The van der Waals surface area contributed by atoms with Gasteiger partial charge in [0.25, 0.3) is 5.91 Å². The average Bonchev–Trinajstić information content (AvgIpc) is 2.42. The van der Waals surface area contributed by atoms with Crippen LogP contribution in [0.15, 0.2) is 24.3 Å². The molecule has 0 aromatic heterocycles. The van der Waals surface area contributed by atoms with Crippen LogP contribution in [0, 0.1) is 0 Å². The monoisotopic (exact) mass is 293 g/mol. The highest BCUT2D eigenvalue weighted by Gasteiger charge is 2.21. The third-order valence-corrected chi connectivity index (χ3v) is 2.93. The summed E-state index contributed by atoms with van der Waals surface area (Å²) in [4.78, 5) is 35.6. The van der Waals surface area contributed by atoms with Gasteiger partial charge in [-0.15, -0.1) is 0 Å². The number of nitrogens with one attached hydrogen (secondary N) is 1. The maximum Gasteiger partial charge on any atom is 0.326 e. The Labute approximate surface area is 122 Å². The zero-order valence-corrected chi connectivity index (χ0v) is 12.0. The summed E-state index contributed by atoms with van der Waals surface area (Å²) >= 11 is 0. The van der Waals surface area contributed by atoms with Crippen LogP contribution in [0.5, 0.6) is 0 Å². The summed E-state index contributed by atoms with van der Waals surface area (Å²) in [6.45, 7) is 0. The number of primary amides is 1. The SMILES string of the molecule is CN(C)c1ccc(C(=O)NC(CCC(N)=O)C(=O)O)cc1. The lowest BCUT2D eigenvalue weighted by Gasteiger charge is -2.15. The second-order valence-electron chi connectivity index (χ2n) is 4.81. The number of hydrogen-bond acceptors (Lipinski definition) is 4. The van der Waals surface area contributed by atoms with E-state index in [1.165, 1.54) is 0 Å². The van der Waals surface area contributed by atoms with Gasteiger partial charge in [-0.05, 0) is 30.7 Å². The predicted molar refractivity (Wildman–Crippen MR) is 78.1 cm³/mol. The van der Waals surface area contributed by atoms with E-state index >= 15 is 0 Å². The maximum atomic E-state index is 12.0. The predicted octanol–water partition coefficient (Wildman–Crippen LogP) is 0.201. The van der Waals surface area contributed by atoms with Crippen LogP contribution in [-0.4, -0.2) is 43.0 Å². The van der Waals surface area contributed by atoms with Crippen LogP contribution in [-0.2, 0) is 9.59 Å². The number of rotatable bonds is 7. The van der Waals surface area contributed by atoms with E-state index in [4.69, 9.17) is 10.8 Å². The molecule has 0 spiro atoms. The Morgan fingerprint density at radius 1 is 1.24 bits per heavy atom. The van der Waals surface area contributed by atoms with Gasteiger partial charge in [-0.25, -0.2) is 4.79 Å². The molecule has 0 aliphatic heterocycles. The van der Waals surface area contributed by atoms with E-state index in [0.29, 0.717) is 5.56 Å². The van der Waals surface area contributed by atoms with Crippen LogP contribution >= 0.6 is 0 Å². The molecule has 0 fully saturated rings. The maximum absolute atomic E-state index is 12.0. The highest BCUT2D eigenvalue weighted by atomic mass is 16.4. The molecule has 0 heterocycles. The van der Waals surface area contributed by atoms with Crippen molar-refractivity contribution in [2.75, 3.05) is 19.0 Å². The summed E-state index contributed by atoms with van der Waals surface area (Å²) in [5.41, 5.74) is 6.26. The van der Waals surface area contributed by atoms with Gasteiger partial charge in [0.15, 0.2) is 0 Å². The van der Waals surface area contributed by atoms with Crippen molar-refractivity contribution in [1.29, 1.82) is 0 Å². The number of amides is 2. The number of nitrogens with two attached hydrogens (primary N) is 1. The summed E-state index contributed by atoms with van der Waals surface area (Å²) in [6, 6.07) is 5.59. The van der Waals surface area contributed by atoms with E-state index in [0.717, 1.165) is 5.69 Å². The smallest absolute Gasteiger partial charge is 0.326 e. The minimum Gasteiger partial charge on any atom is -0.480 e. The molecule has 1 rings (SSSR count). The van der Waals surface area contributed by atoms with Crippen LogP contribution in [0.3, 0.4) is 0 Å². The molecule has 0 radical (unpaired) electrons. The number of carbonyl (C=O) groups is 3.